The molecule has 0 fully saturated rings. The van der Waals surface area contributed by atoms with E-state index in [0.29, 0.717) is 16.3 Å². The third-order valence-corrected chi connectivity index (χ3v) is 12.0. The number of carbonyl (C=O) groups is 4. The van der Waals surface area contributed by atoms with Gasteiger partial charge in [-0.15, -0.1) is 0 Å². The van der Waals surface area contributed by atoms with E-state index in [0.717, 1.165) is 24.3 Å². The number of ketones is 1. The molecule has 0 aromatic heterocycles. The van der Waals surface area contributed by atoms with Gasteiger partial charge in [0.15, 0.2) is 5.78 Å². The zero-order chi connectivity index (χ0) is 44.6. The Morgan fingerprint density at radius 2 is 1.07 bits per heavy atom. The van der Waals surface area contributed by atoms with Gasteiger partial charge in [-0.2, -0.15) is 25.3 Å². The molecule has 5 rings (SSSR count). The molecule has 1 aliphatic heterocycles. The fourth-order valence-electron chi connectivity index (χ4n) is 6.32. The highest BCUT2D eigenvalue weighted by atomic mass is 32.2. The van der Waals surface area contributed by atoms with Gasteiger partial charge in [-0.3, -0.25) is 48.6 Å². The molecule has 20 nitrogen and oxygen atoms in total. The summed E-state index contributed by atoms with van der Waals surface area (Å²) in [5.74, 6) is -3.65. The van der Waals surface area contributed by atoms with Crippen LogP contribution in [0.2, 0.25) is 0 Å². The largest absolute Gasteiger partial charge is 0.378 e. The van der Waals surface area contributed by atoms with E-state index in [9.17, 15) is 58.1 Å². The lowest BCUT2D eigenvalue weighted by atomic mass is 9.96. The van der Waals surface area contributed by atoms with Gasteiger partial charge in [-0.1, -0.05) is 12.1 Å². The van der Waals surface area contributed by atoms with Gasteiger partial charge in [-0.25, -0.2) is 0 Å². The molecule has 1 atom stereocenters. The second-order valence-electron chi connectivity index (χ2n) is 14.1. The highest BCUT2D eigenvalue weighted by Gasteiger charge is 2.43. The predicted molar refractivity (Wildman–Crippen MR) is 222 cm³/mol. The Labute approximate surface area is 346 Å². The number of amides is 3. The maximum Gasteiger partial charge on any atom is 0.296 e. The van der Waals surface area contributed by atoms with Crippen molar-refractivity contribution in [1.82, 2.24) is 4.90 Å². The second-order valence-corrected chi connectivity index (χ2v) is 18.2. The van der Waals surface area contributed by atoms with Gasteiger partial charge < -0.3 is 20.0 Å². The molecule has 0 spiro atoms. The summed E-state index contributed by atoms with van der Waals surface area (Å²) >= 11 is 0. The Balaban J connectivity index is 1.59. The van der Waals surface area contributed by atoms with Gasteiger partial charge in [0, 0.05) is 71.3 Å². The fraction of sp³-hybridized carbons (Fsp3) is 0.243. The molecule has 4 aromatic carbocycles. The van der Waals surface area contributed by atoms with E-state index in [1.54, 1.807) is 38.0 Å². The van der Waals surface area contributed by atoms with E-state index in [-0.39, 0.29) is 33.8 Å². The number of hydrazine groups is 1. The van der Waals surface area contributed by atoms with Crippen molar-refractivity contribution in [2.75, 3.05) is 73.2 Å². The Kier molecular flexibility index (Phi) is 12.6. The molecule has 23 heteroatoms. The summed E-state index contributed by atoms with van der Waals surface area (Å²) in [4.78, 5) is 58.9. The van der Waals surface area contributed by atoms with Crippen LogP contribution in [0.15, 0.2) is 87.5 Å². The number of fused-ring (bicyclic) bond motifs is 1. The molecule has 1 heterocycles. The van der Waals surface area contributed by atoms with E-state index in [4.69, 9.17) is 0 Å². The number of nitrogens with one attached hydrogen (secondary N) is 3. The van der Waals surface area contributed by atoms with Crippen LogP contribution in [0, 0.1) is 0 Å². The zero-order valence-electron chi connectivity index (χ0n) is 32.9. The first-order valence-electron chi connectivity index (χ1n) is 17.5. The lowest BCUT2D eigenvalue weighted by molar-refractivity contribution is -0.116. The number of anilines is 6. The van der Waals surface area contributed by atoms with Crippen molar-refractivity contribution in [2.24, 2.45) is 0 Å². The summed E-state index contributed by atoms with van der Waals surface area (Å²) in [6.45, 7) is 0. The van der Waals surface area contributed by atoms with Crippen LogP contribution in [0.1, 0.15) is 43.9 Å². The number of Topliss-reactive ketones (excluding diaryl/α,β-unsaturated/α-hetero) is 1. The molecule has 0 saturated heterocycles. The first kappa shape index (κ1) is 45.0. The van der Waals surface area contributed by atoms with Crippen molar-refractivity contribution < 1.29 is 58.1 Å². The van der Waals surface area contributed by atoms with E-state index in [1.807, 2.05) is 0 Å². The molecule has 6 N–H and O–H groups in total. The third-order valence-electron chi connectivity index (χ3n) is 9.33. The average molecular weight is 888 g/mol. The van der Waals surface area contributed by atoms with Crippen molar-refractivity contribution in [3.05, 3.63) is 89.5 Å². The Morgan fingerprint density at radius 1 is 0.617 bits per heavy atom. The topological polar surface area (TPSA) is 280 Å². The minimum atomic E-state index is -5.11. The predicted octanol–water partition coefficient (Wildman–Crippen LogP) is 3.33. The summed E-state index contributed by atoms with van der Waals surface area (Å²) in [6, 6.07) is 13.5. The molecular formula is C37H41N7O13S3. The standard InChI is InChI=1S/C37H41N7O13S3/c1-41(2)21-11-13-26(31(17-21)58(49,50)51)38-34(45)16-15-29(44-36(47)23-9-7-8-10-24(23)37(44)48)35(46)25-19-28(33(60(55,56)57)20-30(25)43(5)6)40-39-27-14-12-22(42(3)4)18-32(27)59(52,53)54/h7-14,17-20,29,39-40H,15-16H2,1-6H3,(H,38,45)(H,49,50,51)(H,52,53,54)(H,55,56,57). The van der Waals surface area contributed by atoms with Crippen molar-refractivity contribution in [3.63, 3.8) is 0 Å². The SMILES string of the molecule is CN(C)c1ccc(NNc2cc(C(=O)C(CCC(=O)Nc3ccc(N(C)C)cc3S(=O)(=O)O)N3C(=O)c4ccccc4C3=O)c(N(C)C)cc2S(=O)(=O)O)c(S(=O)(=O)O)c1. The number of benzene rings is 4. The second kappa shape index (κ2) is 16.9. The smallest absolute Gasteiger partial charge is 0.296 e. The minimum Gasteiger partial charge on any atom is -0.378 e. The first-order valence-corrected chi connectivity index (χ1v) is 21.9. The molecule has 0 saturated carbocycles. The molecule has 320 valence electrons. The molecular weight excluding hydrogens is 847 g/mol. The molecule has 0 bridgehead atoms. The number of nitrogens with zero attached hydrogens (tertiary/aromatic N) is 4. The number of hydrogen-bond donors (Lipinski definition) is 6. The highest BCUT2D eigenvalue weighted by molar-refractivity contribution is 7.86. The van der Waals surface area contributed by atoms with Gasteiger partial charge in [0.1, 0.15) is 20.7 Å². The fourth-order valence-corrected chi connectivity index (χ4v) is 8.30. The molecule has 1 unspecified atom stereocenters. The van der Waals surface area contributed by atoms with Crippen LogP contribution in [0.5, 0.6) is 0 Å². The van der Waals surface area contributed by atoms with Crippen LogP contribution in [-0.4, -0.2) is 116 Å². The maximum absolute atomic E-state index is 14.8. The van der Waals surface area contributed by atoms with Crippen LogP contribution >= 0.6 is 0 Å². The van der Waals surface area contributed by atoms with Gasteiger partial charge in [0.05, 0.1) is 28.2 Å². The lowest BCUT2D eigenvalue weighted by Gasteiger charge is -2.28. The highest BCUT2D eigenvalue weighted by Crippen LogP contribution is 2.36. The average Bonchev–Trinajstić information content (AvgIpc) is 3.40. The molecule has 0 radical (unpaired) electrons. The molecule has 60 heavy (non-hydrogen) atoms. The zero-order valence-corrected chi connectivity index (χ0v) is 35.3. The third kappa shape index (κ3) is 9.51. The number of imide groups is 1. The Hall–Kier alpha value is -6.11. The Bertz CT molecular complexity index is 2720. The number of hydrogen-bond acceptors (Lipinski definition) is 15. The normalized spacial score (nSPS) is 13.4. The van der Waals surface area contributed by atoms with E-state index in [1.165, 1.54) is 67.5 Å². The number of carbonyl (C=O) groups excluding carboxylic acids is 4. The van der Waals surface area contributed by atoms with Crippen molar-refractivity contribution in [1.29, 1.82) is 0 Å². The lowest BCUT2D eigenvalue weighted by Crippen LogP contribution is -2.45. The number of rotatable bonds is 16. The quantitative estimate of drug-likeness (QED) is 0.0407. The molecule has 4 aromatic rings. The summed E-state index contributed by atoms with van der Waals surface area (Å²) in [5, 5.41) is 2.39. The van der Waals surface area contributed by atoms with Gasteiger partial charge >= 0.3 is 0 Å². The van der Waals surface area contributed by atoms with Gasteiger partial charge in [0.25, 0.3) is 42.2 Å². The maximum atomic E-state index is 14.8. The molecule has 0 aliphatic carbocycles. The first-order chi connectivity index (χ1) is 27.8. The van der Waals surface area contributed by atoms with Crippen molar-refractivity contribution >= 4 is 88.0 Å². The van der Waals surface area contributed by atoms with Crippen molar-refractivity contribution in [3.8, 4) is 0 Å². The van der Waals surface area contributed by atoms with Crippen LogP contribution < -0.4 is 30.9 Å². The van der Waals surface area contributed by atoms with Crippen LogP contribution in [0.3, 0.4) is 0 Å². The molecule has 1 aliphatic rings. The van der Waals surface area contributed by atoms with Crippen LogP contribution in [0.4, 0.5) is 34.1 Å². The summed E-state index contributed by atoms with van der Waals surface area (Å²) in [6.07, 6.45) is -1.17. The Morgan fingerprint density at radius 3 is 1.53 bits per heavy atom. The van der Waals surface area contributed by atoms with E-state index < -0.39 is 93.1 Å². The summed E-state index contributed by atoms with van der Waals surface area (Å²) in [7, 11) is -5.52. The van der Waals surface area contributed by atoms with E-state index >= 15 is 0 Å². The van der Waals surface area contributed by atoms with Gasteiger partial charge in [0.2, 0.25) is 5.91 Å². The summed E-state index contributed by atoms with van der Waals surface area (Å²) < 4.78 is 105. The van der Waals surface area contributed by atoms with Crippen LogP contribution in [-0.2, 0) is 35.1 Å². The monoisotopic (exact) mass is 887 g/mol. The van der Waals surface area contributed by atoms with Crippen molar-refractivity contribution in [2.45, 2.75) is 33.6 Å². The van der Waals surface area contributed by atoms with E-state index in [2.05, 4.69) is 16.2 Å². The molecule has 3 amide bonds. The van der Waals surface area contributed by atoms with Crippen LogP contribution in [0.25, 0.3) is 0 Å². The summed E-state index contributed by atoms with van der Waals surface area (Å²) in [5.41, 5.74) is 4.02. The minimum absolute atomic E-state index is 0.0421. The van der Waals surface area contributed by atoms with Gasteiger partial charge in [-0.05, 0) is 67.1 Å².